The third-order valence-electron chi connectivity index (χ3n) is 3.81. The van der Waals surface area contributed by atoms with Crippen LogP contribution in [0.5, 0.6) is 0 Å². The smallest absolute Gasteiger partial charge is 0.212 e. The number of hydrogen-bond acceptors (Lipinski definition) is 3. The first-order valence-electron chi connectivity index (χ1n) is 7.24. The summed E-state index contributed by atoms with van der Waals surface area (Å²) in [5, 5.41) is 3.33. The molecule has 2 rings (SSSR count). The number of sulfonamides is 1. The molecule has 1 aliphatic rings. The zero-order valence-corrected chi connectivity index (χ0v) is 13.0. The molecular formula is C15H24N2O2S. The molecule has 3 atom stereocenters. The fourth-order valence-electron chi connectivity index (χ4n) is 2.75. The second kappa shape index (κ2) is 6.70. The van der Waals surface area contributed by atoms with Crippen LogP contribution in [0.3, 0.4) is 0 Å². The minimum absolute atomic E-state index is 0.00726. The Morgan fingerprint density at radius 2 is 2.05 bits per heavy atom. The molecule has 1 aromatic carbocycles. The summed E-state index contributed by atoms with van der Waals surface area (Å²) < 4.78 is 27.4. The van der Waals surface area contributed by atoms with E-state index in [2.05, 4.69) is 17.0 Å². The van der Waals surface area contributed by atoms with Crippen LogP contribution in [0.2, 0.25) is 0 Å². The van der Waals surface area contributed by atoms with Gasteiger partial charge in [0, 0.05) is 12.1 Å². The summed E-state index contributed by atoms with van der Waals surface area (Å²) in [6.45, 7) is 4.93. The second-order valence-electron chi connectivity index (χ2n) is 5.79. The van der Waals surface area contributed by atoms with E-state index in [-0.39, 0.29) is 17.7 Å². The van der Waals surface area contributed by atoms with Gasteiger partial charge in [0.25, 0.3) is 0 Å². The number of hydrogen-bond donors (Lipinski definition) is 2. The highest BCUT2D eigenvalue weighted by Crippen LogP contribution is 2.17. The van der Waals surface area contributed by atoms with Crippen LogP contribution in [0.15, 0.2) is 30.3 Å². The van der Waals surface area contributed by atoms with E-state index >= 15 is 0 Å². The van der Waals surface area contributed by atoms with E-state index < -0.39 is 10.0 Å². The summed E-state index contributed by atoms with van der Waals surface area (Å²) in [6, 6.07) is 10.2. The van der Waals surface area contributed by atoms with Crippen molar-refractivity contribution in [3.05, 3.63) is 35.9 Å². The van der Waals surface area contributed by atoms with Crippen LogP contribution in [0.25, 0.3) is 0 Å². The van der Waals surface area contributed by atoms with Gasteiger partial charge in [-0.1, -0.05) is 37.3 Å². The van der Waals surface area contributed by atoms with E-state index in [1.807, 2.05) is 37.3 Å². The van der Waals surface area contributed by atoms with Crippen molar-refractivity contribution in [3.8, 4) is 0 Å². The molecule has 1 fully saturated rings. The summed E-state index contributed by atoms with van der Waals surface area (Å²) in [7, 11) is -3.23. The lowest BCUT2D eigenvalue weighted by Gasteiger charge is -2.28. The standard InChI is InChI=1S/C15H24N2O2S/c1-12(14-6-4-3-5-7-14)11-20(18,19)17-15-8-9-16-13(2)10-15/h3-7,12-13,15-17H,8-11H2,1-2H3. The van der Waals surface area contributed by atoms with Gasteiger partial charge in [0.2, 0.25) is 10.0 Å². The first-order valence-corrected chi connectivity index (χ1v) is 8.90. The van der Waals surface area contributed by atoms with Crippen molar-refractivity contribution < 1.29 is 8.42 Å². The molecule has 2 N–H and O–H groups in total. The van der Waals surface area contributed by atoms with E-state index in [1.165, 1.54) is 0 Å². The normalized spacial score (nSPS) is 25.3. The second-order valence-corrected chi connectivity index (χ2v) is 7.59. The Balaban J connectivity index is 1.93. The number of piperidine rings is 1. The molecule has 0 aliphatic carbocycles. The van der Waals surface area contributed by atoms with Gasteiger partial charge in [-0.3, -0.25) is 0 Å². The maximum absolute atomic E-state index is 12.3. The molecule has 0 spiro atoms. The molecule has 0 amide bonds. The van der Waals surface area contributed by atoms with E-state index in [1.54, 1.807) is 0 Å². The van der Waals surface area contributed by atoms with Gasteiger partial charge in [0.15, 0.2) is 0 Å². The molecule has 112 valence electrons. The lowest BCUT2D eigenvalue weighted by Crippen LogP contribution is -2.47. The highest BCUT2D eigenvalue weighted by Gasteiger charge is 2.24. The molecule has 0 bridgehead atoms. The van der Waals surface area contributed by atoms with Crippen LogP contribution in [0.4, 0.5) is 0 Å². The highest BCUT2D eigenvalue weighted by molar-refractivity contribution is 7.89. The van der Waals surface area contributed by atoms with Gasteiger partial charge in [0.1, 0.15) is 0 Å². The van der Waals surface area contributed by atoms with Gasteiger partial charge in [-0.25, -0.2) is 13.1 Å². The Bertz CT molecular complexity index is 516. The molecule has 3 unspecified atom stereocenters. The molecule has 0 aromatic heterocycles. The molecule has 4 nitrogen and oxygen atoms in total. The average molecular weight is 296 g/mol. The Kier molecular flexibility index (Phi) is 5.18. The molecule has 5 heteroatoms. The van der Waals surface area contributed by atoms with Crippen molar-refractivity contribution in [3.63, 3.8) is 0 Å². The maximum Gasteiger partial charge on any atom is 0.212 e. The summed E-state index contributed by atoms with van der Waals surface area (Å²) in [6.07, 6.45) is 1.72. The Morgan fingerprint density at radius 1 is 1.35 bits per heavy atom. The zero-order chi connectivity index (χ0) is 14.6. The molecule has 1 heterocycles. The van der Waals surface area contributed by atoms with Gasteiger partial charge in [-0.2, -0.15) is 0 Å². The summed E-state index contributed by atoms with van der Waals surface area (Å²) in [5.74, 6) is 0.155. The number of benzene rings is 1. The number of nitrogens with one attached hydrogen (secondary N) is 2. The molecule has 1 aromatic rings. The van der Waals surface area contributed by atoms with Crippen LogP contribution in [-0.4, -0.2) is 32.8 Å². The topological polar surface area (TPSA) is 58.2 Å². The highest BCUT2D eigenvalue weighted by atomic mass is 32.2. The average Bonchev–Trinajstić information content (AvgIpc) is 2.38. The minimum atomic E-state index is -3.23. The third kappa shape index (κ3) is 4.58. The monoisotopic (exact) mass is 296 g/mol. The number of rotatable bonds is 5. The SMILES string of the molecule is CC1CC(NS(=O)(=O)CC(C)c2ccccc2)CCN1. The first-order chi connectivity index (χ1) is 9.46. The summed E-state index contributed by atoms with van der Waals surface area (Å²) in [4.78, 5) is 0. The van der Waals surface area contributed by atoms with Gasteiger partial charge in [-0.15, -0.1) is 0 Å². The molecular weight excluding hydrogens is 272 g/mol. The van der Waals surface area contributed by atoms with E-state index in [4.69, 9.17) is 0 Å². The maximum atomic E-state index is 12.3. The summed E-state index contributed by atoms with van der Waals surface area (Å²) in [5.41, 5.74) is 1.07. The lowest BCUT2D eigenvalue weighted by atomic mass is 10.0. The van der Waals surface area contributed by atoms with E-state index in [9.17, 15) is 8.42 Å². The van der Waals surface area contributed by atoms with Crippen LogP contribution in [0, 0.1) is 0 Å². The quantitative estimate of drug-likeness (QED) is 0.872. The van der Waals surface area contributed by atoms with Crippen molar-refractivity contribution in [1.82, 2.24) is 10.0 Å². The summed E-state index contributed by atoms with van der Waals surface area (Å²) >= 11 is 0. The van der Waals surface area contributed by atoms with Crippen molar-refractivity contribution in [2.24, 2.45) is 0 Å². The van der Waals surface area contributed by atoms with Crippen molar-refractivity contribution in [2.75, 3.05) is 12.3 Å². The lowest BCUT2D eigenvalue weighted by molar-refractivity contribution is 0.361. The first kappa shape index (κ1) is 15.5. The van der Waals surface area contributed by atoms with Crippen LogP contribution >= 0.6 is 0 Å². The van der Waals surface area contributed by atoms with Crippen LogP contribution < -0.4 is 10.0 Å². The van der Waals surface area contributed by atoms with Crippen LogP contribution in [0.1, 0.15) is 38.2 Å². The van der Waals surface area contributed by atoms with Crippen molar-refractivity contribution in [2.45, 2.75) is 44.7 Å². The zero-order valence-electron chi connectivity index (χ0n) is 12.2. The van der Waals surface area contributed by atoms with Gasteiger partial charge < -0.3 is 5.32 Å². The van der Waals surface area contributed by atoms with E-state index in [0.29, 0.717) is 6.04 Å². The van der Waals surface area contributed by atoms with Crippen molar-refractivity contribution >= 4 is 10.0 Å². The Labute approximate surface area is 122 Å². The third-order valence-corrected chi connectivity index (χ3v) is 5.44. The largest absolute Gasteiger partial charge is 0.314 e. The van der Waals surface area contributed by atoms with E-state index in [0.717, 1.165) is 24.9 Å². The fraction of sp³-hybridized carbons (Fsp3) is 0.600. The fourth-order valence-corrected chi connectivity index (χ4v) is 4.42. The molecule has 1 aliphatic heterocycles. The minimum Gasteiger partial charge on any atom is -0.314 e. The molecule has 0 radical (unpaired) electrons. The van der Waals surface area contributed by atoms with Gasteiger partial charge >= 0.3 is 0 Å². The Hall–Kier alpha value is -0.910. The molecule has 0 saturated carbocycles. The van der Waals surface area contributed by atoms with Crippen molar-refractivity contribution in [1.29, 1.82) is 0 Å². The van der Waals surface area contributed by atoms with Gasteiger partial charge in [-0.05, 0) is 37.8 Å². The molecule has 20 heavy (non-hydrogen) atoms. The predicted molar refractivity (Wildman–Crippen MR) is 82.3 cm³/mol. The molecule has 1 saturated heterocycles. The predicted octanol–water partition coefficient (Wildman–Crippen LogP) is 1.85. The Morgan fingerprint density at radius 3 is 2.70 bits per heavy atom. The van der Waals surface area contributed by atoms with Crippen LogP contribution in [-0.2, 0) is 10.0 Å². The van der Waals surface area contributed by atoms with Gasteiger partial charge in [0.05, 0.1) is 5.75 Å².